The van der Waals surface area contributed by atoms with Gasteiger partial charge in [0.1, 0.15) is 29.7 Å². The first-order valence-corrected chi connectivity index (χ1v) is 13.2. The number of nitrogens with one attached hydrogen (secondary N) is 1. The van der Waals surface area contributed by atoms with Crippen LogP contribution in [0.1, 0.15) is 84.7 Å². The van der Waals surface area contributed by atoms with E-state index in [0.717, 1.165) is 49.7 Å². The van der Waals surface area contributed by atoms with Crippen LogP contribution in [0.25, 0.3) is 5.52 Å². The summed E-state index contributed by atoms with van der Waals surface area (Å²) in [6.45, 7) is 2.93. The Hall–Kier alpha value is -3.69. The van der Waals surface area contributed by atoms with Crippen molar-refractivity contribution in [1.29, 1.82) is 0 Å². The van der Waals surface area contributed by atoms with Crippen molar-refractivity contribution < 1.29 is 23.5 Å². The average molecular weight is 522 g/mol. The van der Waals surface area contributed by atoms with Crippen LogP contribution in [-0.2, 0) is 0 Å². The van der Waals surface area contributed by atoms with E-state index in [-0.39, 0.29) is 41.5 Å². The summed E-state index contributed by atoms with van der Waals surface area (Å²) in [5.74, 6) is 0.504. The van der Waals surface area contributed by atoms with Crippen molar-refractivity contribution in [2.75, 3.05) is 6.61 Å². The topological polar surface area (TPSA) is 121 Å². The first-order chi connectivity index (χ1) is 18.1. The van der Waals surface area contributed by atoms with Crippen molar-refractivity contribution in [2.45, 2.75) is 76.1 Å². The minimum atomic E-state index is -1.44. The van der Waals surface area contributed by atoms with Gasteiger partial charge in [0.25, 0.3) is 11.8 Å². The number of aromatic nitrogens is 3. The molecule has 3 N–H and O–H groups in total. The molecule has 0 atom stereocenters. The van der Waals surface area contributed by atoms with Gasteiger partial charge in [-0.3, -0.25) is 9.59 Å². The molecule has 3 heterocycles. The molecule has 200 valence electrons. The molecule has 38 heavy (non-hydrogen) atoms. The summed E-state index contributed by atoms with van der Waals surface area (Å²) in [5.41, 5.74) is 6.57. The number of amides is 2. The normalized spacial score (nSPS) is 24.5. The zero-order chi connectivity index (χ0) is 26.7. The summed E-state index contributed by atoms with van der Waals surface area (Å²) in [6.07, 6.45) is 8.69. The Kier molecular flexibility index (Phi) is 5.81. The molecule has 0 bridgehead atoms. The Morgan fingerprint density at radius 2 is 1.95 bits per heavy atom. The van der Waals surface area contributed by atoms with E-state index in [0.29, 0.717) is 17.2 Å². The largest absolute Gasteiger partial charge is 0.488 e. The molecule has 0 aromatic carbocycles. The molecule has 1 spiro atoms. The predicted molar refractivity (Wildman–Crippen MR) is 137 cm³/mol. The van der Waals surface area contributed by atoms with E-state index in [9.17, 15) is 14.0 Å². The van der Waals surface area contributed by atoms with Crippen LogP contribution < -0.4 is 20.5 Å². The molecule has 3 saturated carbocycles. The van der Waals surface area contributed by atoms with Gasteiger partial charge in [-0.15, -0.1) is 0 Å². The lowest BCUT2D eigenvalue weighted by Crippen LogP contribution is -2.58. The molecule has 9 nitrogen and oxygen atoms in total. The van der Waals surface area contributed by atoms with Crippen molar-refractivity contribution in [2.24, 2.45) is 11.1 Å². The quantitative estimate of drug-likeness (QED) is 0.440. The molecule has 3 aliphatic carbocycles. The number of halogens is 1. The maximum Gasteiger partial charge on any atom is 0.255 e. The molecule has 0 aliphatic heterocycles. The predicted octanol–water partition coefficient (Wildman–Crippen LogP) is 3.95. The van der Waals surface area contributed by atoms with E-state index >= 15 is 0 Å². The molecule has 0 unspecified atom stereocenters. The van der Waals surface area contributed by atoms with Crippen LogP contribution in [0.3, 0.4) is 0 Å². The SMILES string of the molecule is CC(C)(F)COc1ccc2c(C(=O)NC3CC4(C3)CC(Oc3ncccc3C(N)=O)C4)cnn2c1C1CC1. The van der Waals surface area contributed by atoms with Crippen LogP contribution in [-0.4, -0.2) is 50.8 Å². The van der Waals surface area contributed by atoms with Crippen LogP contribution in [0.5, 0.6) is 11.6 Å². The number of nitrogens with zero attached hydrogens (tertiary/aromatic N) is 3. The number of ether oxygens (including phenoxy) is 2. The molecule has 3 fully saturated rings. The van der Waals surface area contributed by atoms with Gasteiger partial charge in [0, 0.05) is 18.2 Å². The van der Waals surface area contributed by atoms with E-state index in [4.69, 9.17) is 15.2 Å². The smallest absolute Gasteiger partial charge is 0.255 e. The van der Waals surface area contributed by atoms with Crippen molar-refractivity contribution in [3.05, 3.63) is 53.5 Å². The Balaban J connectivity index is 1.07. The van der Waals surface area contributed by atoms with E-state index < -0.39 is 11.6 Å². The minimum absolute atomic E-state index is 0.0144. The fourth-order valence-electron chi connectivity index (χ4n) is 5.84. The second kappa shape index (κ2) is 8.96. The number of alkyl halides is 1. The van der Waals surface area contributed by atoms with Gasteiger partial charge < -0.3 is 20.5 Å². The lowest BCUT2D eigenvalue weighted by Gasteiger charge is -2.57. The zero-order valence-corrected chi connectivity index (χ0v) is 21.6. The van der Waals surface area contributed by atoms with E-state index in [1.165, 1.54) is 13.8 Å². The summed E-state index contributed by atoms with van der Waals surface area (Å²) in [5, 5.41) is 7.67. The molecule has 3 aliphatic rings. The summed E-state index contributed by atoms with van der Waals surface area (Å²) in [7, 11) is 0. The number of primary amides is 1. The van der Waals surface area contributed by atoms with Crippen molar-refractivity contribution in [3.8, 4) is 11.6 Å². The third-order valence-corrected chi connectivity index (χ3v) is 7.79. The molecular weight excluding hydrogens is 489 g/mol. The van der Waals surface area contributed by atoms with Crippen LogP contribution >= 0.6 is 0 Å². The Morgan fingerprint density at radius 3 is 2.63 bits per heavy atom. The van der Waals surface area contributed by atoms with Gasteiger partial charge in [0.2, 0.25) is 5.88 Å². The fraction of sp³-hybridized carbons (Fsp3) is 0.500. The molecule has 3 aromatic heterocycles. The van der Waals surface area contributed by atoms with Gasteiger partial charge in [0.15, 0.2) is 0 Å². The number of carbonyl (C=O) groups is 2. The standard InChI is InChI=1S/C28H32FN5O4/c1-27(2,29)15-37-22-8-7-21-20(14-32-34(21)23(22)16-5-6-16)25(36)33-17-10-28(11-17)12-18(13-28)38-26-19(24(30)35)4-3-9-31-26/h3-4,7-9,14,16-18H,5-6,10-13,15H2,1-2H3,(H2,30,35)(H,33,36). The second-order valence-electron chi connectivity index (χ2n) is 11.7. The highest BCUT2D eigenvalue weighted by Crippen LogP contribution is 2.57. The lowest BCUT2D eigenvalue weighted by molar-refractivity contribution is -0.0848. The third kappa shape index (κ3) is 4.68. The highest BCUT2D eigenvalue weighted by Gasteiger charge is 2.54. The zero-order valence-electron chi connectivity index (χ0n) is 21.6. The van der Waals surface area contributed by atoms with Gasteiger partial charge in [-0.1, -0.05) is 0 Å². The Labute approximate surface area is 219 Å². The van der Waals surface area contributed by atoms with E-state index in [2.05, 4.69) is 15.4 Å². The number of hydrogen-bond acceptors (Lipinski definition) is 6. The second-order valence-corrected chi connectivity index (χ2v) is 11.7. The van der Waals surface area contributed by atoms with Crippen LogP contribution in [0, 0.1) is 5.41 Å². The first-order valence-electron chi connectivity index (χ1n) is 13.2. The molecule has 3 aromatic rings. The maximum atomic E-state index is 14.0. The highest BCUT2D eigenvalue weighted by atomic mass is 19.1. The summed E-state index contributed by atoms with van der Waals surface area (Å²) in [6, 6.07) is 7.01. The van der Waals surface area contributed by atoms with Crippen LogP contribution in [0.2, 0.25) is 0 Å². The minimum Gasteiger partial charge on any atom is -0.488 e. The number of fused-ring (bicyclic) bond motifs is 1. The average Bonchev–Trinajstić information content (AvgIpc) is 3.56. The monoisotopic (exact) mass is 521 g/mol. The van der Waals surface area contributed by atoms with Crippen LogP contribution in [0.15, 0.2) is 36.7 Å². The summed E-state index contributed by atoms with van der Waals surface area (Å²) < 4.78 is 27.5. The number of hydrogen-bond donors (Lipinski definition) is 2. The highest BCUT2D eigenvalue weighted by molar-refractivity contribution is 6.01. The van der Waals surface area contributed by atoms with E-state index in [1.54, 1.807) is 29.0 Å². The van der Waals surface area contributed by atoms with Crippen LogP contribution in [0.4, 0.5) is 4.39 Å². The third-order valence-electron chi connectivity index (χ3n) is 7.79. The lowest BCUT2D eigenvalue weighted by atomic mass is 9.53. The molecule has 0 radical (unpaired) electrons. The number of nitrogens with two attached hydrogens (primary N) is 1. The van der Waals surface area contributed by atoms with Gasteiger partial charge in [-0.2, -0.15) is 5.10 Å². The molecular formula is C28H32FN5O4. The van der Waals surface area contributed by atoms with Gasteiger partial charge in [-0.25, -0.2) is 13.9 Å². The maximum absolute atomic E-state index is 14.0. The van der Waals surface area contributed by atoms with Gasteiger partial charge in [-0.05, 0) is 82.1 Å². The molecule has 0 saturated heterocycles. The van der Waals surface area contributed by atoms with Crippen molar-refractivity contribution in [1.82, 2.24) is 19.9 Å². The number of rotatable bonds is 9. The van der Waals surface area contributed by atoms with Gasteiger partial charge >= 0.3 is 0 Å². The van der Waals surface area contributed by atoms with Crippen molar-refractivity contribution >= 4 is 17.3 Å². The van der Waals surface area contributed by atoms with Crippen molar-refractivity contribution in [3.63, 3.8) is 0 Å². The number of pyridine rings is 2. The fourth-order valence-corrected chi connectivity index (χ4v) is 5.84. The first kappa shape index (κ1) is 24.6. The van der Waals surface area contributed by atoms with Gasteiger partial charge in [0.05, 0.1) is 23.0 Å². The molecule has 10 heteroatoms. The number of carbonyl (C=O) groups excluding carboxylic acids is 2. The molecule has 6 rings (SSSR count). The Morgan fingerprint density at radius 1 is 1.18 bits per heavy atom. The Bertz CT molecular complexity index is 1400. The summed E-state index contributed by atoms with van der Waals surface area (Å²) >= 11 is 0. The molecule has 2 amide bonds. The summed E-state index contributed by atoms with van der Waals surface area (Å²) in [4.78, 5) is 28.9. The van der Waals surface area contributed by atoms with E-state index in [1.807, 2.05) is 12.1 Å².